The minimum Gasteiger partial charge on any atom is -0.497 e. The first-order valence-corrected chi connectivity index (χ1v) is 11.7. The van der Waals surface area contributed by atoms with Gasteiger partial charge in [0.05, 0.1) is 12.0 Å². The molecule has 1 heterocycles. The zero-order valence-corrected chi connectivity index (χ0v) is 18.3. The molecule has 3 rings (SSSR count). The van der Waals surface area contributed by atoms with Gasteiger partial charge in [-0.15, -0.1) is 11.3 Å². The van der Waals surface area contributed by atoms with Crippen molar-refractivity contribution >= 4 is 27.1 Å². The standard InChI is InChI=1S/C22H23NO5S2/c1-16-5-3-6-18(13-16)28-15-22(24)23-14-21(20-7-4-12-29-20)30(25,26)19-10-8-17(27-2)9-11-19/h3-13,21H,14-15H2,1-2H3,(H,23,24)/t21-/m0/s1. The summed E-state index contributed by atoms with van der Waals surface area (Å²) < 4.78 is 37.1. The van der Waals surface area contributed by atoms with E-state index in [4.69, 9.17) is 9.47 Å². The first-order valence-electron chi connectivity index (χ1n) is 9.27. The molecule has 0 radical (unpaired) electrons. The number of thiophene rings is 1. The Morgan fingerprint density at radius 1 is 1.07 bits per heavy atom. The van der Waals surface area contributed by atoms with Crippen molar-refractivity contribution < 1.29 is 22.7 Å². The first kappa shape index (κ1) is 21.9. The Kier molecular flexibility index (Phi) is 7.12. The van der Waals surface area contributed by atoms with Crippen LogP contribution in [0.15, 0.2) is 70.9 Å². The molecule has 158 valence electrons. The van der Waals surface area contributed by atoms with E-state index in [0.717, 1.165) is 5.56 Å². The number of aryl methyl sites for hydroxylation is 1. The fourth-order valence-electron chi connectivity index (χ4n) is 2.88. The highest BCUT2D eigenvalue weighted by Gasteiger charge is 2.30. The third-order valence-electron chi connectivity index (χ3n) is 4.47. The molecule has 1 N–H and O–H groups in total. The lowest BCUT2D eigenvalue weighted by Gasteiger charge is -2.18. The molecule has 0 aliphatic rings. The number of benzene rings is 2. The van der Waals surface area contributed by atoms with E-state index in [2.05, 4.69) is 5.32 Å². The number of carbonyl (C=O) groups is 1. The Hall–Kier alpha value is -2.84. The second kappa shape index (κ2) is 9.77. The van der Waals surface area contributed by atoms with E-state index in [1.54, 1.807) is 30.3 Å². The SMILES string of the molecule is COc1ccc(S(=O)(=O)[C@@H](CNC(=O)COc2cccc(C)c2)c2cccs2)cc1. The van der Waals surface area contributed by atoms with Gasteiger partial charge in [0.15, 0.2) is 16.4 Å². The van der Waals surface area contributed by atoms with Crippen molar-refractivity contribution in [2.45, 2.75) is 17.1 Å². The second-order valence-corrected chi connectivity index (χ2v) is 9.74. The predicted octanol–water partition coefficient (Wildman–Crippen LogP) is 3.78. The van der Waals surface area contributed by atoms with E-state index in [1.165, 1.54) is 30.6 Å². The van der Waals surface area contributed by atoms with Crippen LogP contribution in [0.2, 0.25) is 0 Å². The van der Waals surface area contributed by atoms with Crippen molar-refractivity contribution in [3.8, 4) is 11.5 Å². The first-order chi connectivity index (χ1) is 14.4. The van der Waals surface area contributed by atoms with Gasteiger partial charge >= 0.3 is 0 Å². The molecular weight excluding hydrogens is 422 g/mol. The quantitative estimate of drug-likeness (QED) is 0.542. The van der Waals surface area contributed by atoms with Crippen LogP contribution in [0.3, 0.4) is 0 Å². The molecule has 0 saturated carbocycles. The third-order valence-corrected chi connectivity index (χ3v) is 7.70. The van der Waals surface area contributed by atoms with Crippen LogP contribution >= 0.6 is 11.3 Å². The van der Waals surface area contributed by atoms with Gasteiger partial charge in [-0.25, -0.2) is 8.42 Å². The summed E-state index contributed by atoms with van der Waals surface area (Å²) in [5, 5.41) is 3.61. The number of rotatable bonds is 9. The van der Waals surface area contributed by atoms with E-state index in [9.17, 15) is 13.2 Å². The molecular formula is C22H23NO5S2. The maximum Gasteiger partial charge on any atom is 0.257 e. The number of carbonyl (C=O) groups excluding carboxylic acids is 1. The highest BCUT2D eigenvalue weighted by molar-refractivity contribution is 7.91. The predicted molar refractivity (Wildman–Crippen MR) is 117 cm³/mol. The van der Waals surface area contributed by atoms with E-state index < -0.39 is 15.1 Å². The average molecular weight is 446 g/mol. The monoisotopic (exact) mass is 445 g/mol. The van der Waals surface area contributed by atoms with Crippen LogP contribution < -0.4 is 14.8 Å². The second-order valence-electron chi connectivity index (χ2n) is 6.63. The Labute approximate surface area is 180 Å². The van der Waals surface area contributed by atoms with Gasteiger partial charge in [0.2, 0.25) is 0 Å². The molecule has 0 spiro atoms. The summed E-state index contributed by atoms with van der Waals surface area (Å²) in [5.74, 6) is 0.775. The number of ether oxygens (including phenoxy) is 2. The van der Waals surface area contributed by atoms with E-state index in [0.29, 0.717) is 16.4 Å². The van der Waals surface area contributed by atoms with Gasteiger partial charge in [-0.1, -0.05) is 18.2 Å². The van der Waals surface area contributed by atoms with Crippen molar-refractivity contribution in [1.82, 2.24) is 5.32 Å². The molecule has 6 nitrogen and oxygen atoms in total. The topological polar surface area (TPSA) is 81.7 Å². The highest BCUT2D eigenvalue weighted by Crippen LogP contribution is 2.32. The van der Waals surface area contributed by atoms with Crippen molar-refractivity contribution in [2.24, 2.45) is 0 Å². The summed E-state index contributed by atoms with van der Waals surface area (Å²) in [6.45, 7) is 1.69. The van der Waals surface area contributed by atoms with E-state index >= 15 is 0 Å². The highest BCUT2D eigenvalue weighted by atomic mass is 32.2. The summed E-state index contributed by atoms with van der Waals surface area (Å²) in [7, 11) is -2.20. The molecule has 2 aromatic carbocycles. The summed E-state index contributed by atoms with van der Waals surface area (Å²) >= 11 is 1.34. The van der Waals surface area contributed by atoms with Crippen molar-refractivity contribution in [2.75, 3.05) is 20.3 Å². The van der Waals surface area contributed by atoms with Gasteiger partial charge in [-0.05, 0) is 60.3 Å². The Bertz CT molecular complexity index is 1080. The summed E-state index contributed by atoms with van der Waals surface area (Å²) in [6, 6.07) is 17.2. The molecule has 8 heteroatoms. The molecule has 0 unspecified atom stereocenters. The Morgan fingerprint density at radius 2 is 1.83 bits per heavy atom. The van der Waals surface area contributed by atoms with Gasteiger partial charge in [0, 0.05) is 11.4 Å². The van der Waals surface area contributed by atoms with Crippen LogP contribution in [0.1, 0.15) is 15.7 Å². The minimum absolute atomic E-state index is 0.0507. The fourth-order valence-corrected chi connectivity index (χ4v) is 5.66. The van der Waals surface area contributed by atoms with Gasteiger partial charge < -0.3 is 14.8 Å². The van der Waals surface area contributed by atoms with Crippen LogP contribution in [0, 0.1) is 6.92 Å². The Morgan fingerprint density at radius 3 is 2.47 bits per heavy atom. The molecule has 3 aromatic rings. The largest absolute Gasteiger partial charge is 0.497 e. The normalized spacial score (nSPS) is 12.2. The zero-order valence-electron chi connectivity index (χ0n) is 16.7. The molecule has 1 amide bonds. The maximum atomic E-state index is 13.2. The van der Waals surface area contributed by atoms with Crippen molar-refractivity contribution in [1.29, 1.82) is 0 Å². The lowest BCUT2D eigenvalue weighted by Crippen LogP contribution is -2.34. The van der Waals surface area contributed by atoms with Gasteiger partial charge in [-0.2, -0.15) is 0 Å². The number of amides is 1. The van der Waals surface area contributed by atoms with Crippen LogP contribution in [-0.2, 0) is 14.6 Å². The number of hydrogen-bond donors (Lipinski definition) is 1. The number of sulfone groups is 1. The van der Waals surface area contributed by atoms with Crippen LogP contribution in [-0.4, -0.2) is 34.6 Å². The lowest BCUT2D eigenvalue weighted by atomic mass is 10.2. The van der Waals surface area contributed by atoms with E-state index in [1.807, 2.05) is 30.5 Å². The Balaban J connectivity index is 1.70. The molecule has 0 bridgehead atoms. The summed E-state index contributed by atoms with van der Waals surface area (Å²) in [4.78, 5) is 13.1. The smallest absolute Gasteiger partial charge is 0.257 e. The third kappa shape index (κ3) is 5.40. The molecule has 0 saturated heterocycles. The van der Waals surface area contributed by atoms with Gasteiger partial charge in [-0.3, -0.25) is 4.79 Å². The number of methoxy groups -OCH3 is 1. The number of hydrogen-bond acceptors (Lipinski definition) is 6. The molecule has 0 aliphatic heterocycles. The van der Waals surface area contributed by atoms with Crippen molar-refractivity contribution in [3.63, 3.8) is 0 Å². The zero-order chi connectivity index (χ0) is 21.6. The minimum atomic E-state index is -3.72. The van der Waals surface area contributed by atoms with Crippen LogP contribution in [0.5, 0.6) is 11.5 Å². The van der Waals surface area contributed by atoms with Gasteiger partial charge in [0.25, 0.3) is 5.91 Å². The van der Waals surface area contributed by atoms with Gasteiger partial charge in [0.1, 0.15) is 16.7 Å². The summed E-state index contributed by atoms with van der Waals surface area (Å²) in [5.41, 5.74) is 1.02. The van der Waals surface area contributed by atoms with Crippen LogP contribution in [0.25, 0.3) is 0 Å². The fraction of sp³-hybridized carbons (Fsp3) is 0.227. The lowest BCUT2D eigenvalue weighted by molar-refractivity contribution is -0.123. The molecule has 1 aromatic heterocycles. The molecule has 0 fully saturated rings. The number of nitrogens with one attached hydrogen (secondary N) is 1. The molecule has 30 heavy (non-hydrogen) atoms. The van der Waals surface area contributed by atoms with Crippen molar-refractivity contribution in [3.05, 3.63) is 76.5 Å². The maximum absolute atomic E-state index is 13.2. The molecule has 1 atom stereocenters. The van der Waals surface area contributed by atoms with E-state index in [-0.39, 0.29) is 24.0 Å². The molecule has 0 aliphatic carbocycles. The average Bonchev–Trinajstić information content (AvgIpc) is 3.26. The summed E-state index contributed by atoms with van der Waals surface area (Å²) in [6.07, 6.45) is 0. The van der Waals surface area contributed by atoms with Crippen LogP contribution in [0.4, 0.5) is 0 Å².